The maximum Gasteiger partial charge on any atom is 0.135 e. The molecule has 1 heterocycles. The Kier molecular flexibility index (Phi) is 4.06. The standard InChI is InChI=1S/C14H14FN3S/c1-9-2-3-10(7-17-9)8-18-11-4-5-12(14(16)19)13(15)6-11/h2-7,18H,8H2,1H3,(H2,16,19). The van der Waals surface area contributed by atoms with Crippen molar-refractivity contribution in [3.05, 3.63) is 59.2 Å². The van der Waals surface area contributed by atoms with E-state index in [4.69, 9.17) is 18.0 Å². The first-order valence-electron chi connectivity index (χ1n) is 5.81. The van der Waals surface area contributed by atoms with E-state index in [2.05, 4.69) is 10.3 Å². The Morgan fingerprint density at radius 2 is 2.16 bits per heavy atom. The number of nitrogens with zero attached hydrogens (tertiary/aromatic N) is 1. The molecule has 2 aromatic rings. The molecule has 0 atom stereocenters. The quantitative estimate of drug-likeness (QED) is 0.842. The minimum Gasteiger partial charge on any atom is -0.389 e. The fraction of sp³-hybridized carbons (Fsp3) is 0.143. The topological polar surface area (TPSA) is 50.9 Å². The Morgan fingerprint density at radius 3 is 2.74 bits per heavy atom. The zero-order chi connectivity index (χ0) is 13.8. The lowest BCUT2D eigenvalue weighted by atomic mass is 10.2. The second-order valence-corrected chi connectivity index (χ2v) is 4.66. The van der Waals surface area contributed by atoms with Gasteiger partial charge in [0.05, 0.1) is 0 Å². The molecule has 0 radical (unpaired) electrons. The highest BCUT2D eigenvalue weighted by molar-refractivity contribution is 7.80. The van der Waals surface area contributed by atoms with Crippen LogP contribution in [0.1, 0.15) is 16.8 Å². The SMILES string of the molecule is Cc1ccc(CNc2ccc(C(N)=S)c(F)c2)cn1. The molecule has 0 saturated carbocycles. The normalized spacial score (nSPS) is 10.2. The van der Waals surface area contributed by atoms with Crippen molar-refractivity contribution in [3.8, 4) is 0 Å². The molecule has 3 N–H and O–H groups in total. The highest BCUT2D eigenvalue weighted by atomic mass is 32.1. The number of hydrogen-bond acceptors (Lipinski definition) is 3. The van der Waals surface area contributed by atoms with Gasteiger partial charge in [-0.2, -0.15) is 0 Å². The van der Waals surface area contributed by atoms with Crippen molar-refractivity contribution in [1.82, 2.24) is 4.98 Å². The van der Waals surface area contributed by atoms with Crippen LogP contribution in [0.25, 0.3) is 0 Å². The molecule has 0 fully saturated rings. The van der Waals surface area contributed by atoms with Gasteiger partial charge in [0.25, 0.3) is 0 Å². The Labute approximate surface area is 116 Å². The van der Waals surface area contributed by atoms with E-state index in [0.717, 1.165) is 11.3 Å². The summed E-state index contributed by atoms with van der Waals surface area (Å²) in [5, 5.41) is 3.12. The summed E-state index contributed by atoms with van der Waals surface area (Å²) >= 11 is 4.76. The fourth-order valence-corrected chi connectivity index (χ4v) is 1.80. The van der Waals surface area contributed by atoms with E-state index in [1.165, 1.54) is 6.07 Å². The number of rotatable bonds is 4. The average Bonchev–Trinajstić information content (AvgIpc) is 2.37. The van der Waals surface area contributed by atoms with Gasteiger partial charge in [-0.1, -0.05) is 18.3 Å². The van der Waals surface area contributed by atoms with Crippen LogP contribution in [0.3, 0.4) is 0 Å². The summed E-state index contributed by atoms with van der Waals surface area (Å²) in [7, 11) is 0. The monoisotopic (exact) mass is 275 g/mol. The first-order valence-corrected chi connectivity index (χ1v) is 6.22. The summed E-state index contributed by atoms with van der Waals surface area (Å²) in [6.07, 6.45) is 1.79. The molecule has 98 valence electrons. The second kappa shape index (κ2) is 5.75. The van der Waals surface area contributed by atoms with Gasteiger partial charge in [0.15, 0.2) is 0 Å². The van der Waals surface area contributed by atoms with Gasteiger partial charge in [-0.3, -0.25) is 4.98 Å². The third-order valence-electron chi connectivity index (χ3n) is 2.70. The van der Waals surface area contributed by atoms with Crippen LogP contribution < -0.4 is 11.1 Å². The summed E-state index contributed by atoms with van der Waals surface area (Å²) in [6, 6.07) is 8.63. The van der Waals surface area contributed by atoms with E-state index in [-0.39, 0.29) is 10.6 Å². The van der Waals surface area contributed by atoms with Crippen molar-refractivity contribution >= 4 is 22.9 Å². The van der Waals surface area contributed by atoms with Gasteiger partial charge in [0.2, 0.25) is 0 Å². The molecule has 0 aliphatic carbocycles. The van der Waals surface area contributed by atoms with E-state index in [1.807, 2.05) is 19.1 Å². The van der Waals surface area contributed by atoms with Crippen molar-refractivity contribution < 1.29 is 4.39 Å². The Bertz CT molecular complexity index is 596. The molecule has 0 saturated heterocycles. The largest absolute Gasteiger partial charge is 0.389 e. The molecule has 0 spiro atoms. The lowest BCUT2D eigenvalue weighted by molar-refractivity contribution is 0.626. The second-order valence-electron chi connectivity index (χ2n) is 4.22. The van der Waals surface area contributed by atoms with E-state index in [1.54, 1.807) is 18.3 Å². The highest BCUT2D eigenvalue weighted by Gasteiger charge is 2.05. The van der Waals surface area contributed by atoms with E-state index in [9.17, 15) is 4.39 Å². The molecule has 0 aliphatic heterocycles. The molecular weight excluding hydrogens is 261 g/mol. The predicted octanol–water partition coefficient (Wildman–Crippen LogP) is 2.78. The van der Waals surface area contributed by atoms with Gasteiger partial charge in [-0.05, 0) is 36.8 Å². The van der Waals surface area contributed by atoms with E-state index < -0.39 is 5.82 Å². The van der Waals surface area contributed by atoms with Gasteiger partial charge in [-0.25, -0.2) is 4.39 Å². The molecule has 5 heteroatoms. The molecule has 0 amide bonds. The molecule has 0 unspecified atom stereocenters. The number of aromatic nitrogens is 1. The van der Waals surface area contributed by atoms with Gasteiger partial charge in [0, 0.05) is 29.7 Å². The molecule has 1 aromatic heterocycles. The molecule has 0 bridgehead atoms. The van der Waals surface area contributed by atoms with Crippen molar-refractivity contribution in [1.29, 1.82) is 0 Å². The number of aryl methyl sites for hydroxylation is 1. The van der Waals surface area contributed by atoms with Crippen LogP contribution in [0.15, 0.2) is 36.5 Å². The molecule has 19 heavy (non-hydrogen) atoms. The van der Waals surface area contributed by atoms with E-state index >= 15 is 0 Å². The zero-order valence-corrected chi connectivity index (χ0v) is 11.3. The van der Waals surface area contributed by atoms with Crippen LogP contribution in [0.4, 0.5) is 10.1 Å². The Morgan fingerprint density at radius 1 is 1.37 bits per heavy atom. The molecule has 3 nitrogen and oxygen atoms in total. The highest BCUT2D eigenvalue weighted by Crippen LogP contribution is 2.15. The molecular formula is C14H14FN3S. The van der Waals surface area contributed by atoms with Gasteiger partial charge < -0.3 is 11.1 Å². The van der Waals surface area contributed by atoms with Crippen LogP contribution in [0.5, 0.6) is 0 Å². The maximum absolute atomic E-state index is 13.7. The third-order valence-corrected chi connectivity index (χ3v) is 2.92. The number of hydrogen-bond donors (Lipinski definition) is 2. The van der Waals surface area contributed by atoms with Crippen LogP contribution in [-0.2, 0) is 6.54 Å². The van der Waals surface area contributed by atoms with E-state index in [0.29, 0.717) is 12.2 Å². The summed E-state index contributed by atoms with van der Waals surface area (Å²) in [5.41, 5.74) is 8.35. The number of benzene rings is 1. The van der Waals surface area contributed by atoms with Crippen molar-refractivity contribution in [2.45, 2.75) is 13.5 Å². The summed E-state index contributed by atoms with van der Waals surface area (Å²) in [6.45, 7) is 2.51. The van der Waals surface area contributed by atoms with Crippen molar-refractivity contribution in [3.63, 3.8) is 0 Å². The number of pyridine rings is 1. The predicted molar refractivity (Wildman–Crippen MR) is 78.6 cm³/mol. The minimum atomic E-state index is -0.417. The maximum atomic E-state index is 13.7. The van der Waals surface area contributed by atoms with Gasteiger partial charge >= 0.3 is 0 Å². The first-order chi connectivity index (χ1) is 9.06. The first kappa shape index (κ1) is 13.4. The Balaban J connectivity index is 2.06. The number of nitrogens with two attached hydrogens (primary N) is 1. The van der Waals surface area contributed by atoms with Crippen LogP contribution in [-0.4, -0.2) is 9.97 Å². The van der Waals surface area contributed by atoms with Crippen molar-refractivity contribution in [2.75, 3.05) is 5.32 Å². The number of nitrogens with one attached hydrogen (secondary N) is 1. The smallest absolute Gasteiger partial charge is 0.135 e. The van der Waals surface area contributed by atoms with Gasteiger partial charge in [-0.15, -0.1) is 0 Å². The summed E-state index contributed by atoms with van der Waals surface area (Å²) in [4.78, 5) is 4.26. The lowest BCUT2D eigenvalue weighted by Gasteiger charge is -2.08. The van der Waals surface area contributed by atoms with Crippen LogP contribution in [0.2, 0.25) is 0 Å². The van der Waals surface area contributed by atoms with Crippen LogP contribution >= 0.6 is 12.2 Å². The summed E-state index contributed by atoms with van der Waals surface area (Å²) < 4.78 is 13.7. The Hall–Kier alpha value is -2.01. The minimum absolute atomic E-state index is 0.0618. The molecule has 1 aromatic carbocycles. The molecule has 0 aliphatic rings. The third kappa shape index (κ3) is 3.48. The number of anilines is 1. The summed E-state index contributed by atoms with van der Waals surface area (Å²) in [5.74, 6) is -0.417. The fourth-order valence-electron chi connectivity index (χ4n) is 1.63. The lowest BCUT2D eigenvalue weighted by Crippen LogP contribution is -2.12. The zero-order valence-electron chi connectivity index (χ0n) is 10.5. The van der Waals surface area contributed by atoms with Crippen LogP contribution in [0, 0.1) is 12.7 Å². The number of halogens is 1. The number of thiocarbonyl (C=S) groups is 1. The van der Waals surface area contributed by atoms with Crippen molar-refractivity contribution in [2.24, 2.45) is 5.73 Å². The molecule has 2 rings (SSSR count). The average molecular weight is 275 g/mol. The van der Waals surface area contributed by atoms with Gasteiger partial charge in [0.1, 0.15) is 10.8 Å².